The minimum absolute atomic E-state index is 0.00769. The normalized spacial score (nSPS) is 24.5. The van der Waals surface area contributed by atoms with Crippen molar-refractivity contribution in [2.45, 2.75) is 235 Å². The molecule has 0 bridgehead atoms. The second kappa shape index (κ2) is 50.8. The molecule has 43 heteroatoms. The smallest absolute Gasteiger partial charge is 0.246 e. The van der Waals surface area contributed by atoms with Gasteiger partial charge in [0.15, 0.2) is 5.96 Å². The van der Waals surface area contributed by atoms with Crippen molar-refractivity contribution >= 4 is 150 Å². The van der Waals surface area contributed by atoms with Gasteiger partial charge < -0.3 is 120 Å². The number of aliphatic hydroxyl groups excluding tert-OH is 2. The lowest BCUT2D eigenvalue weighted by Gasteiger charge is -2.36. The Balaban J connectivity index is 1.19. The molecule has 22 N–H and O–H groups in total. The zero-order valence-electron chi connectivity index (χ0n) is 75.7. The minimum atomic E-state index is -1.84. The number of rotatable bonds is 26. The maximum Gasteiger partial charge on any atom is 0.246 e. The van der Waals surface area contributed by atoms with Crippen LogP contribution in [0.25, 0.3) is 21.0 Å². The van der Waals surface area contributed by atoms with Crippen LogP contribution in [0.3, 0.4) is 0 Å². The van der Waals surface area contributed by atoms with Gasteiger partial charge in [-0.15, -0.1) is 23.1 Å². The number of guanidine groups is 1. The van der Waals surface area contributed by atoms with Crippen molar-refractivity contribution in [3.05, 3.63) is 101 Å². The number of phenolic OH excluding ortho intramolecular Hbond substituents is 1. The molecule has 132 heavy (non-hydrogen) atoms. The number of unbranched alkanes of at least 4 members (excludes halogenated alkanes) is 2. The highest BCUT2D eigenvalue weighted by atomic mass is 32.2. The van der Waals surface area contributed by atoms with E-state index in [4.69, 9.17) is 22.6 Å². The summed E-state index contributed by atoms with van der Waals surface area (Å²) in [6, 6.07) is -1.30. The van der Waals surface area contributed by atoms with Gasteiger partial charge in [0, 0.05) is 94.2 Å². The summed E-state index contributed by atoms with van der Waals surface area (Å²) in [6.07, 6.45) is 1.65. The van der Waals surface area contributed by atoms with E-state index in [1.54, 1.807) is 55.8 Å². The molecular weight excluding hydrogens is 1750 g/mol. The molecule has 0 unspecified atom stereocenters. The number of nitrogens with one attached hydrogen (secondary N) is 13. The van der Waals surface area contributed by atoms with Crippen molar-refractivity contribution in [3.63, 3.8) is 0 Å². The fourth-order valence-corrected chi connectivity index (χ4v) is 18.1. The number of carbonyl (C=O) groups is 17. The second-order valence-corrected chi connectivity index (χ2v) is 35.8. The lowest BCUT2D eigenvalue weighted by atomic mass is 10.00. The zero-order valence-corrected chi connectivity index (χ0v) is 77.3. The van der Waals surface area contributed by atoms with E-state index in [1.165, 1.54) is 68.6 Å². The molecule has 8 rings (SSSR count). The number of benzene rings is 3. The number of thiophene rings is 1. The Kier molecular flexibility index (Phi) is 40.3. The highest BCUT2D eigenvalue weighted by molar-refractivity contribution is 8.00. The van der Waals surface area contributed by atoms with Gasteiger partial charge in [0.05, 0.1) is 25.3 Å². The van der Waals surface area contributed by atoms with Gasteiger partial charge in [0.1, 0.15) is 90.3 Å². The first kappa shape index (κ1) is 105. The number of thioether (sulfide) groups is 1. The summed E-state index contributed by atoms with van der Waals surface area (Å²) in [6.45, 7) is 5.89. The zero-order chi connectivity index (χ0) is 96.7. The maximum absolute atomic E-state index is 15.7. The summed E-state index contributed by atoms with van der Waals surface area (Å²) in [5.74, 6) is -17.5. The molecule has 0 aliphatic carbocycles. The number of H-pyrrole nitrogens is 1. The number of nitrogens with two attached hydrogens (primary N) is 3. The number of aromatic hydroxyl groups is 1. The second-order valence-electron chi connectivity index (χ2n) is 33.9. The van der Waals surface area contributed by atoms with Gasteiger partial charge in [-0.25, -0.2) is 0 Å². The fraction of sp³-hybridized carbons (Fsp3) is 0.551. The predicted molar refractivity (Wildman–Crippen MR) is 491 cm³/mol. The third-order valence-corrected chi connectivity index (χ3v) is 25.7. The molecule has 3 aliphatic heterocycles. The summed E-state index contributed by atoms with van der Waals surface area (Å²) in [5.41, 5.74) is 18.9. The molecule has 17 amide bonds. The number of nitrogens with zero attached hydrogens (tertiary/aromatic N) is 5. The maximum atomic E-state index is 15.7. The van der Waals surface area contributed by atoms with Crippen molar-refractivity contribution in [3.8, 4) is 5.75 Å². The number of aromatic amines is 1. The average Bonchev–Trinajstić information content (AvgIpc) is 1.58. The lowest BCUT2D eigenvalue weighted by Crippen LogP contribution is -2.61. The predicted octanol–water partition coefficient (Wildman–Crippen LogP) is -1.75. The molecule has 3 saturated heterocycles. The number of aromatic nitrogens is 1. The van der Waals surface area contributed by atoms with Gasteiger partial charge in [-0.3, -0.25) is 86.9 Å². The van der Waals surface area contributed by atoms with Crippen molar-refractivity contribution in [2.75, 3.05) is 72.0 Å². The van der Waals surface area contributed by atoms with Crippen LogP contribution < -0.4 is 75.7 Å². The van der Waals surface area contributed by atoms with Gasteiger partial charge in [0.25, 0.3) is 0 Å². The third-order valence-electron chi connectivity index (χ3n) is 23.6. The van der Waals surface area contributed by atoms with Crippen LogP contribution in [0.4, 0.5) is 0 Å². The summed E-state index contributed by atoms with van der Waals surface area (Å²) < 4.78 is 0.823. The molecule has 3 aliphatic rings. The van der Waals surface area contributed by atoms with Crippen LogP contribution in [0.5, 0.6) is 5.75 Å². The summed E-state index contributed by atoms with van der Waals surface area (Å²) in [4.78, 5) is 258. The molecule has 0 saturated carbocycles. The molecular formula is C89H127N21O20S2. The molecule has 3 fully saturated rings. The Hall–Kier alpha value is -12.5. The van der Waals surface area contributed by atoms with E-state index in [1.807, 2.05) is 32.0 Å². The standard InChI is InChI=1S/C89H127N21O20S2/c1-9-11-24-67-81(123)98-58(23-17-34-94-89(92)93)77(119)105-66(76(118)96-44-73(91)115)47-131-48-74(116)97-62(39-51-29-31-54(113)32-30-51)84(126)106(6)50(5)75(117)101-64(42-72(90)114)87(129)110-36-18-26-68(110)82(124)99-59(33-37-111)78(120)102-61(38-49(3)4)86(128)109-35-19-27-69(109)83(125)100-60(40-52-43-95-57-22-15-13-20-55(52)57)79(121)104-65(45-112)80(122)103-63(41-53-46-132-71-28-16-14-21-56(53)71)85(127)108(8)70(25-12-10-2)88(130)107(67)7/h13-16,20-22,28-32,43,46,49-50,58-70,95,111-113H,9-12,17-19,23-27,33-42,44-45,47-48H2,1-8H3,(H2,90,114)(H2,91,115)(H,96,118)(H,97,116)(H,98,123)(H,99,124)(H,100,125)(H,101,117)(H,102,120)(H,103,122)(H,104,121)(H,105,119)(H4,92,93,94)/t50-,58-,59-,60-,61-,62-,63-,64+,65-,66-,67-,68-,69-,70-/m0/s1. The van der Waals surface area contributed by atoms with E-state index in [-0.39, 0.29) is 108 Å². The molecule has 5 heterocycles. The van der Waals surface area contributed by atoms with Crippen LogP contribution in [0.1, 0.15) is 148 Å². The van der Waals surface area contributed by atoms with Crippen LogP contribution in [-0.2, 0) is 101 Å². The number of likely N-dealkylation sites (N-methyl/N-ethyl adjacent to an activating group) is 3. The SMILES string of the molecule is CCCC[C@H]1C(=O)N(C)[C@@H](CCCC)C(=O)N[C@@H](CCCNC(=N)N)C(=O)N[C@H](C(=O)NCC(N)=O)CSCC(=O)N[C@@H](Cc2ccc(O)cc2)C(=O)N(C)[C@@H](C)C(=O)N[C@H](CC(N)=O)C(=O)N2CCC[C@H]2C(=O)N[C@@H](CCO)C(=O)N[C@@H](CC(C)C)C(=O)N2CCC[C@H]2C(=O)N[C@@H](Cc2c[nH]c3ccccc23)C(=O)N[C@@H](CO)C(=O)N[C@@H](Cc2csc3ccccc23)C(=O)N1C. The summed E-state index contributed by atoms with van der Waals surface area (Å²) in [7, 11) is 3.93. The molecule has 3 aromatic carbocycles. The molecule has 41 nitrogen and oxygen atoms in total. The molecule has 720 valence electrons. The number of phenols is 1. The number of carbonyl (C=O) groups excluding carboxylic acids is 17. The number of fused-ring (bicyclic) bond motifs is 4. The van der Waals surface area contributed by atoms with Crippen molar-refractivity contribution < 1.29 is 96.8 Å². The Morgan fingerprint density at radius 1 is 0.530 bits per heavy atom. The van der Waals surface area contributed by atoms with Crippen LogP contribution >= 0.6 is 23.1 Å². The molecule has 14 atom stereocenters. The van der Waals surface area contributed by atoms with Crippen molar-refractivity contribution in [1.82, 2.24) is 88.0 Å². The van der Waals surface area contributed by atoms with Gasteiger partial charge in [-0.2, -0.15) is 0 Å². The van der Waals surface area contributed by atoms with Gasteiger partial charge >= 0.3 is 0 Å². The van der Waals surface area contributed by atoms with Gasteiger partial charge in [-0.1, -0.05) is 102 Å². The Morgan fingerprint density at radius 2 is 1.06 bits per heavy atom. The van der Waals surface area contributed by atoms with E-state index in [9.17, 15) is 63.3 Å². The van der Waals surface area contributed by atoms with Gasteiger partial charge in [-0.05, 0) is 129 Å². The van der Waals surface area contributed by atoms with E-state index in [0.717, 1.165) is 41.4 Å². The summed E-state index contributed by atoms with van der Waals surface area (Å²) >= 11 is 2.12. The first-order valence-corrected chi connectivity index (χ1v) is 46.5. The van der Waals surface area contributed by atoms with E-state index in [0.29, 0.717) is 53.3 Å². The van der Waals surface area contributed by atoms with E-state index >= 15 is 33.6 Å². The number of hydrogen-bond donors (Lipinski definition) is 19. The molecule has 0 radical (unpaired) electrons. The Bertz CT molecular complexity index is 4940. The number of para-hydroxylation sites is 1. The van der Waals surface area contributed by atoms with Crippen LogP contribution in [0, 0.1) is 11.3 Å². The monoisotopic (exact) mass is 1870 g/mol. The molecule has 0 spiro atoms. The van der Waals surface area contributed by atoms with E-state index in [2.05, 4.69) is 63.5 Å². The van der Waals surface area contributed by atoms with Crippen LogP contribution in [0.15, 0.2) is 84.4 Å². The van der Waals surface area contributed by atoms with Crippen LogP contribution in [0.2, 0.25) is 0 Å². The molecule has 2 aromatic heterocycles. The molecule has 5 aromatic rings. The number of aliphatic hydroxyl groups is 2. The Labute approximate surface area is 773 Å². The minimum Gasteiger partial charge on any atom is -0.508 e. The van der Waals surface area contributed by atoms with Gasteiger partial charge in [0.2, 0.25) is 100 Å². The first-order chi connectivity index (χ1) is 62.9. The summed E-state index contributed by atoms with van der Waals surface area (Å²) in [5, 5.41) is 71.9. The average molecular weight is 1880 g/mol. The third kappa shape index (κ3) is 29.5. The largest absolute Gasteiger partial charge is 0.508 e. The quantitative estimate of drug-likeness (QED) is 0.0166. The fourth-order valence-electron chi connectivity index (χ4n) is 16.2. The van der Waals surface area contributed by atoms with Crippen molar-refractivity contribution in [1.29, 1.82) is 5.41 Å². The highest BCUT2D eigenvalue weighted by Gasteiger charge is 2.46. The highest BCUT2D eigenvalue weighted by Crippen LogP contribution is 2.30. The van der Waals surface area contributed by atoms with E-state index < -0.39 is 235 Å². The Morgan fingerprint density at radius 3 is 1.68 bits per heavy atom. The van der Waals surface area contributed by atoms with Crippen molar-refractivity contribution in [2.24, 2.45) is 23.1 Å². The number of amides is 17. The lowest BCUT2D eigenvalue weighted by molar-refractivity contribution is -0.149. The topological polar surface area (TPSA) is 617 Å². The first-order valence-electron chi connectivity index (χ1n) is 44.5. The van der Waals surface area contributed by atoms with Crippen LogP contribution in [-0.4, -0.2) is 308 Å². The number of primary amides is 2. The number of hydrogen-bond acceptors (Lipinski definition) is 23.